The summed E-state index contributed by atoms with van der Waals surface area (Å²) >= 11 is 0. The molecule has 3 rings (SSSR count). The molecule has 0 unspecified atom stereocenters. The van der Waals surface area contributed by atoms with Crippen LogP contribution in [0.1, 0.15) is 33.3 Å². The summed E-state index contributed by atoms with van der Waals surface area (Å²) in [6.45, 7) is 8.84. The molecule has 0 aliphatic carbocycles. The lowest BCUT2D eigenvalue weighted by atomic mass is 9.79. The fraction of sp³-hybridized carbons (Fsp3) is 0.588. The molecule has 2 heterocycles. The van der Waals surface area contributed by atoms with Crippen LogP contribution in [0.2, 0.25) is 0 Å². The summed E-state index contributed by atoms with van der Waals surface area (Å²) in [4.78, 5) is 1.95. The van der Waals surface area contributed by atoms with Crippen LogP contribution in [0, 0.1) is 0 Å². The molecule has 2 aliphatic heterocycles. The zero-order chi connectivity index (χ0) is 18.5. The largest absolute Gasteiger partial charge is 0.497 e. The van der Waals surface area contributed by atoms with Gasteiger partial charge in [0.2, 0.25) is 0 Å². The van der Waals surface area contributed by atoms with Gasteiger partial charge in [-0.3, -0.25) is 0 Å². The maximum Gasteiger partial charge on any atom is 0.263 e. The van der Waals surface area contributed by atoms with E-state index >= 15 is 0 Å². The molecule has 0 N–H and O–H groups in total. The molecule has 2 aliphatic rings. The number of fused-ring (bicyclic) bond motifs is 1. The van der Waals surface area contributed by atoms with Gasteiger partial charge in [-0.1, -0.05) is 12.1 Å². The molecule has 7 nitrogen and oxygen atoms in total. The molecule has 2 atom stereocenters. The molecule has 0 amide bonds. The number of methoxy groups -OCH3 is 1. The monoisotopic (exact) mass is 364 g/mol. The molecule has 1 aromatic rings. The zero-order valence-corrected chi connectivity index (χ0v) is 16.0. The third-order valence-corrected chi connectivity index (χ3v) is 6.87. The van der Waals surface area contributed by atoms with Crippen molar-refractivity contribution in [2.24, 2.45) is 14.6 Å². The first-order chi connectivity index (χ1) is 11.7. The van der Waals surface area contributed by atoms with Crippen LogP contribution in [0.5, 0.6) is 5.75 Å². The Labute approximate surface area is 148 Å². The molecular weight excluding hydrogens is 340 g/mol. The minimum Gasteiger partial charge on any atom is -0.497 e. The number of sulfonamides is 1. The average Bonchev–Trinajstić information content (AvgIpc) is 3.01. The van der Waals surface area contributed by atoms with Crippen molar-refractivity contribution < 1.29 is 13.2 Å². The molecule has 0 radical (unpaired) electrons. The van der Waals surface area contributed by atoms with Crippen LogP contribution >= 0.6 is 0 Å². The maximum atomic E-state index is 12.9. The lowest BCUT2D eigenvalue weighted by Gasteiger charge is -2.34. The van der Waals surface area contributed by atoms with Gasteiger partial charge in [-0.25, -0.2) is 8.42 Å². The summed E-state index contributed by atoms with van der Waals surface area (Å²) in [5, 5.41) is 8.03. The van der Waals surface area contributed by atoms with Crippen LogP contribution < -0.4 is 4.74 Å². The van der Waals surface area contributed by atoms with E-state index < -0.39 is 26.4 Å². The Hall–Kier alpha value is -1.96. The van der Waals surface area contributed by atoms with Gasteiger partial charge >= 0.3 is 0 Å². The van der Waals surface area contributed by atoms with Crippen molar-refractivity contribution >= 4 is 15.9 Å². The van der Waals surface area contributed by atoms with E-state index in [-0.39, 0.29) is 0 Å². The van der Waals surface area contributed by atoms with E-state index in [1.807, 2.05) is 43.0 Å². The lowest BCUT2D eigenvalue weighted by molar-refractivity contribution is 0.398. The number of nitrogens with zero attached hydrogens (tertiary/aromatic N) is 4. The molecule has 8 heteroatoms. The highest BCUT2D eigenvalue weighted by Crippen LogP contribution is 2.52. The van der Waals surface area contributed by atoms with E-state index in [0.29, 0.717) is 24.7 Å². The summed E-state index contributed by atoms with van der Waals surface area (Å²) < 4.78 is 35.3. The second-order valence-corrected chi connectivity index (χ2v) is 8.51. The SMILES string of the molecule is CCN(CC)C1=NS(=O)(=O)[C@H]2C(C)(C)N=N[C@@]12c1ccc(OC)cc1. The first-order valence-electron chi connectivity index (χ1n) is 8.40. The van der Waals surface area contributed by atoms with Gasteiger partial charge in [0.1, 0.15) is 11.0 Å². The van der Waals surface area contributed by atoms with Crippen LogP contribution in [0.15, 0.2) is 38.9 Å². The van der Waals surface area contributed by atoms with Gasteiger partial charge in [-0.05, 0) is 45.4 Å². The normalized spacial score (nSPS) is 28.5. The van der Waals surface area contributed by atoms with Crippen LogP contribution in [0.3, 0.4) is 0 Å². The Morgan fingerprint density at radius 1 is 1.12 bits per heavy atom. The number of amidine groups is 1. The molecule has 136 valence electrons. The molecule has 1 aromatic carbocycles. The first-order valence-corrected chi connectivity index (χ1v) is 9.91. The molecular formula is C17H24N4O3S. The maximum absolute atomic E-state index is 12.9. The number of rotatable bonds is 4. The van der Waals surface area contributed by atoms with Crippen LogP contribution in [0.25, 0.3) is 0 Å². The standard InChI is InChI=1S/C17H24N4O3S/c1-6-21(7-2)15-17(12-8-10-13(24-5)11-9-12)14(25(22,23)18-15)16(3,4)19-20-17/h8-11,14H,6-7H2,1-5H3/t14-,17+/m0/s1. The van der Waals surface area contributed by atoms with Gasteiger partial charge in [0.05, 0.1) is 12.6 Å². The Morgan fingerprint density at radius 3 is 2.24 bits per heavy atom. The van der Waals surface area contributed by atoms with Gasteiger partial charge < -0.3 is 9.64 Å². The number of hydrogen-bond donors (Lipinski definition) is 0. The summed E-state index contributed by atoms with van der Waals surface area (Å²) in [6, 6.07) is 7.33. The topological polar surface area (TPSA) is 83.7 Å². The van der Waals surface area contributed by atoms with E-state index in [0.717, 1.165) is 5.56 Å². The van der Waals surface area contributed by atoms with Crippen molar-refractivity contribution in [2.75, 3.05) is 20.2 Å². The minimum atomic E-state index is -3.74. The van der Waals surface area contributed by atoms with Crippen molar-refractivity contribution in [3.63, 3.8) is 0 Å². The number of likely N-dealkylation sites (N-methyl/N-ethyl adjacent to an activating group) is 1. The van der Waals surface area contributed by atoms with Crippen LogP contribution in [-0.4, -0.2) is 50.1 Å². The molecule has 0 fully saturated rings. The third-order valence-electron chi connectivity index (χ3n) is 4.93. The Balaban J connectivity index is 2.26. The highest BCUT2D eigenvalue weighted by atomic mass is 32.2. The summed E-state index contributed by atoms with van der Waals surface area (Å²) in [5.41, 5.74) is -1.20. The second-order valence-electron chi connectivity index (χ2n) is 6.83. The van der Waals surface area contributed by atoms with E-state index in [9.17, 15) is 8.42 Å². The smallest absolute Gasteiger partial charge is 0.263 e. The molecule has 0 bridgehead atoms. The highest BCUT2D eigenvalue weighted by molar-refractivity contribution is 7.91. The van der Waals surface area contributed by atoms with Crippen LogP contribution in [0.4, 0.5) is 0 Å². The van der Waals surface area contributed by atoms with Gasteiger partial charge in [0.15, 0.2) is 11.4 Å². The first kappa shape index (κ1) is 17.8. The Morgan fingerprint density at radius 2 is 1.72 bits per heavy atom. The van der Waals surface area contributed by atoms with Gasteiger partial charge in [-0.15, -0.1) is 4.40 Å². The van der Waals surface area contributed by atoms with Gasteiger partial charge in [0, 0.05) is 13.1 Å². The molecule has 0 saturated heterocycles. The van der Waals surface area contributed by atoms with Crippen molar-refractivity contribution in [3.05, 3.63) is 29.8 Å². The van der Waals surface area contributed by atoms with Crippen molar-refractivity contribution in [3.8, 4) is 5.75 Å². The number of hydrogen-bond acceptors (Lipinski definition) is 6. The lowest BCUT2D eigenvalue weighted by Crippen LogP contribution is -2.53. The predicted octanol–water partition coefficient (Wildman–Crippen LogP) is 2.59. The van der Waals surface area contributed by atoms with Crippen LogP contribution in [-0.2, 0) is 15.6 Å². The van der Waals surface area contributed by atoms with Crippen molar-refractivity contribution in [2.45, 2.75) is 44.0 Å². The highest BCUT2D eigenvalue weighted by Gasteiger charge is 2.67. The summed E-state index contributed by atoms with van der Waals surface area (Å²) in [6.07, 6.45) is 0. The second kappa shape index (κ2) is 5.79. The minimum absolute atomic E-state index is 0.460. The molecule has 0 saturated carbocycles. The van der Waals surface area contributed by atoms with Crippen molar-refractivity contribution in [1.29, 1.82) is 0 Å². The van der Waals surface area contributed by atoms with E-state index in [2.05, 4.69) is 14.6 Å². The van der Waals surface area contributed by atoms with Gasteiger partial charge in [0.25, 0.3) is 10.0 Å². The molecule has 0 aromatic heterocycles. The average molecular weight is 364 g/mol. The summed E-state index contributed by atoms with van der Waals surface area (Å²) in [5.74, 6) is 1.16. The summed E-state index contributed by atoms with van der Waals surface area (Å²) in [7, 11) is -2.15. The fourth-order valence-electron chi connectivity index (χ4n) is 3.81. The molecule has 25 heavy (non-hydrogen) atoms. The predicted molar refractivity (Wildman–Crippen MR) is 96.7 cm³/mol. The van der Waals surface area contributed by atoms with Gasteiger partial charge in [-0.2, -0.15) is 10.2 Å². The number of azo groups is 1. The van der Waals surface area contributed by atoms with Crippen molar-refractivity contribution in [1.82, 2.24) is 4.90 Å². The fourth-order valence-corrected chi connectivity index (χ4v) is 5.91. The van der Waals surface area contributed by atoms with E-state index in [1.165, 1.54) is 0 Å². The third kappa shape index (κ3) is 2.46. The zero-order valence-electron chi connectivity index (χ0n) is 15.2. The molecule has 0 spiro atoms. The Bertz CT molecular complexity index is 826. The number of ether oxygens (including phenoxy) is 1. The van der Waals surface area contributed by atoms with E-state index in [1.54, 1.807) is 21.0 Å². The Kier molecular flexibility index (Phi) is 4.14. The quantitative estimate of drug-likeness (QED) is 0.822. The van der Waals surface area contributed by atoms with E-state index in [4.69, 9.17) is 4.74 Å². The number of benzene rings is 1.